The standard InChI is InChI=1S/C11H8O6S/c12-10-7-4-2-1-3-6(7)9(18(15,16)17)5-8(10)11(13)14/h1-5,9H,(H,13,14)(H,15,16,17). The lowest BCUT2D eigenvalue weighted by Gasteiger charge is -2.19. The second-order valence-corrected chi connectivity index (χ2v) is 5.28. The third-order valence-corrected chi connectivity index (χ3v) is 3.66. The van der Waals surface area contributed by atoms with Gasteiger partial charge in [-0.05, 0) is 11.6 Å². The Balaban J connectivity index is 2.73. The molecule has 0 spiro atoms. The number of carbonyl (C=O) groups is 2. The zero-order valence-electron chi connectivity index (χ0n) is 8.90. The molecule has 6 nitrogen and oxygen atoms in total. The first-order valence-corrected chi connectivity index (χ1v) is 6.37. The lowest BCUT2D eigenvalue weighted by atomic mass is 9.90. The molecule has 0 saturated carbocycles. The van der Waals surface area contributed by atoms with Gasteiger partial charge in [0, 0.05) is 5.56 Å². The summed E-state index contributed by atoms with van der Waals surface area (Å²) in [5.41, 5.74) is -0.605. The van der Waals surface area contributed by atoms with E-state index in [4.69, 9.17) is 9.66 Å². The Morgan fingerprint density at radius 3 is 2.39 bits per heavy atom. The number of Topliss-reactive ketones (excluding diaryl/α,β-unsaturated/α-hetero) is 1. The van der Waals surface area contributed by atoms with Crippen LogP contribution in [-0.4, -0.2) is 29.8 Å². The molecule has 0 bridgehead atoms. The topological polar surface area (TPSA) is 109 Å². The summed E-state index contributed by atoms with van der Waals surface area (Å²) >= 11 is 0. The van der Waals surface area contributed by atoms with E-state index in [9.17, 15) is 18.0 Å². The minimum atomic E-state index is -4.52. The number of carboxylic acids is 1. The molecular weight excluding hydrogens is 260 g/mol. The Bertz CT molecular complexity index is 671. The van der Waals surface area contributed by atoms with E-state index >= 15 is 0 Å². The minimum absolute atomic E-state index is 0.0278. The van der Waals surface area contributed by atoms with Crippen LogP contribution in [0.2, 0.25) is 0 Å². The van der Waals surface area contributed by atoms with Crippen LogP contribution >= 0.6 is 0 Å². The fourth-order valence-electron chi connectivity index (χ4n) is 1.83. The summed E-state index contributed by atoms with van der Waals surface area (Å²) < 4.78 is 31.6. The maximum atomic E-state index is 11.8. The van der Waals surface area contributed by atoms with Gasteiger partial charge in [-0.2, -0.15) is 8.42 Å². The van der Waals surface area contributed by atoms with Crippen LogP contribution < -0.4 is 0 Å². The summed E-state index contributed by atoms with van der Waals surface area (Å²) in [6, 6.07) is 5.68. The lowest BCUT2D eigenvalue weighted by Crippen LogP contribution is -2.24. The van der Waals surface area contributed by atoms with Crippen LogP contribution in [0.15, 0.2) is 35.9 Å². The fraction of sp³-hybridized carbons (Fsp3) is 0.0909. The first kappa shape index (κ1) is 12.5. The van der Waals surface area contributed by atoms with Crippen molar-refractivity contribution in [2.24, 2.45) is 0 Å². The van der Waals surface area contributed by atoms with E-state index in [0.29, 0.717) is 0 Å². The van der Waals surface area contributed by atoms with Gasteiger partial charge in [-0.1, -0.05) is 24.3 Å². The van der Waals surface area contributed by atoms with Gasteiger partial charge in [0.15, 0.2) is 5.78 Å². The monoisotopic (exact) mass is 268 g/mol. The van der Waals surface area contributed by atoms with Gasteiger partial charge in [0.25, 0.3) is 10.1 Å². The summed E-state index contributed by atoms with van der Waals surface area (Å²) in [5, 5.41) is 7.32. The summed E-state index contributed by atoms with van der Waals surface area (Å²) in [5.74, 6) is -2.29. The van der Waals surface area contributed by atoms with Crippen molar-refractivity contribution in [3.8, 4) is 0 Å². The van der Waals surface area contributed by atoms with Crippen molar-refractivity contribution in [2.45, 2.75) is 5.25 Å². The van der Waals surface area contributed by atoms with E-state index in [1.54, 1.807) is 0 Å². The number of fused-ring (bicyclic) bond motifs is 1. The van der Waals surface area contributed by atoms with Crippen molar-refractivity contribution < 1.29 is 27.7 Å². The number of hydrogen-bond acceptors (Lipinski definition) is 4. The summed E-state index contributed by atoms with van der Waals surface area (Å²) in [6.45, 7) is 0. The van der Waals surface area contributed by atoms with Crippen molar-refractivity contribution in [1.82, 2.24) is 0 Å². The predicted octanol–water partition coefficient (Wildman–Crippen LogP) is 0.823. The van der Waals surface area contributed by atoms with Crippen LogP contribution in [0.4, 0.5) is 0 Å². The molecule has 2 rings (SSSR count). The highest BCUT2D eigenvalue weighted by atomic mass is 32.2. The van der Waals surface area contributed by atoms with Crippen LogP contribution in [0.3, 0.4) is 0 Å². The van der Waals surface area contributed by atoms with Crippen molar-refractivity contribution in [3.05, 3.63) is 47.0 Å². The number of hydrogen-bond donors (Lipinski definition) is 2. The molecule has 94 valence electrons. The molecule has 1 atom stereocenters. The Morgan fingerprint density at radius 1 is 1.22 bits per heavy atom. The van der Waals surface area contributed by atoms with Gasteiger partial charge in [-0.25, -0.2) is 4.79 Å². The minimum Gasteiger partial charge on any atom is -0.478 e. The maximum absolute atomic E-state index is 11.8. The van der Waals surface area contributed by atoms with E-state index in [1.165, 1.54) is 24.3 Å². The highest BCUT2D eigenvalue weighted by molar-refractivity contribution is 7.86. The molecule has 18 heavy (non-hydrogen) atoms. The molecule has 1 aliphatic carbocycles. The molecule has 1 unspecified atom stereocenters. The zero-order valence-corrected chi connectivity index (χ0v) is 9.72. The van der Waals surface area contributed by atoms with Gasteiger partial charge in [0.1, 0.15) is 10.8 Å². The van der Waals surface area contributed by atoms with Gasteiger partial charge in [0.2, 0.25) is 0 Å². The molecule has 1 aromatic rings. The SMILES string of the molecule is O=C(O)C1=CC(S(=O)(=O)O)c2ccccc2C1=O. The highest BCUT2D eigenvalue weighted by Gasteiger charge is 2.35. The molecule has 0 aromatic heterocycles. The molecule has 2 N–H and O–H groups in total. The first-order valence-electron chi connectivity index (χ1n) is 4.87. The van der Waals surface area contributed by atoms with Gasteiger partial charge < -0.3 is 5.11 Å². The number of carbonyl (C=O) groups excluding carboxylic acids is 1. The van der Waals surface area contributed by atoms with E-state index in [2.05, 4.69) is 0 Å². The van der Waals surface area contributed by atoms with E-state index < -0.39 is 32.7 Å². The third-order valence-electron chi connectivity index (χ3n) is 2.63. The number of aliphatic carboxylic acids is 1. The number of ketones is 1. The average molecular weight is 268 g/mol. The summed E-state index contributed by atoms with van der Waals surface area (Å²) in [4.78, 5) is 22.7. The van der Waals surface area contributed by atoms with Gasteiger partial charge >= 0.3 is 5.97 Å². The smallest absolute Gasteiger partial charge is 0.339 e. The maximum Gasteiger partial charge on any atom is 0.339 e. The fourth-order valence-corrected chi connectivity index (χ4v) is 2.66. The molecule has 0 saturated heterocycles. The van der Waals surface area contributed by atoms with E-state index in [1.807, 2.05) is 0 Å². The van der Waals surface area contributed by atoms with Crippen LogP contribution in [0.25, 0.3) is 0 Å². The lowest BCUT2D eigenvalue weighted by molar-refractivity contribution is -0.132. The van der Waals surface area contributed by atoms with Crippen LogP contribution in [0, 0.1) is 0 Å². The Morgan fingerprint density at radius 2 is 1.83 bits per heavy atom. The molecule has 0 heterocycles. The van der Waals surface area contributed by atoms with Gasteiger partial charge in [-0.15, -0.1) is 0 Å². The molecule has 0 aliphatic heterocycles. The van der Waals surface area contributed by atoms with Crippen molar-refractivity contribution in [3.63, 3.8) is 0 Å². The summed E-state index contributed by atoms with van der Waals surface area (Å²) in [6.07, 6.45) is 0.752. The first-order chi connectivity index (χ1) is 8.32. The second-order valence-electron chi connectivity index (χ2n) is 3.74. The van der Waals surface area contributed by atoms with Crippen molar-refractivity contribution in [1.29, 1.82) is 0 Å². The number of benzene rings is 1. The summed E-state index contributed by atoms with van der Waals surface area (Å²) in [7, 11) is -4.52. The largest absolute Gasteiger partial charge is 0.478 e. The molecule has 7 heteroatoms. The molecule has 1 aliphatic rings. The average Bonchev–Trinajstić information content (AvgIpc) is 2.27. The molecule has 0 amide bonds. The Hall–Kier alpha value is -1.99. The second kappa shape index (κ2) is 4.04. The highest BCUT2D eigenvalue weighted by Crippen LogP contribution is 2.33. The number of carboxylic acid groups (broad SMARTS) is 1. The molecule has 0 radical (unpaired) electrons. The normalized spacial score (nSPS) is 19.1. The van der Waals surface area contributed by atoms with Crippen molar-refractivity contribution >= 4 is 21.9 Å². The quantitative estimate of drug-likeness (QED) is 0.607. The van der Waals surface area contributed by atoms with Gasteiger partial charge in [0.05, 0.1) is 0 Å². The Labute approximate surface area is 102 Å². The molecule has 1 aromatic carbocycles. The van der Waals surface area contributed by atoms with Crippen LogP contribution in [-0.2, 0) is 14.9 Å². The molecule has 0 fully saturated rings. The van der Waals surface area contributed by atoms with E-state index in [-0.39, 0.29) is 11.1 Å². The third kappa shape index (κ3) is 1.93. The van der Waals surface area contributed by atoms with Gasteiger partial charge in [-0.3, -0.25) is 9.35 Å². The zero-order chi connectivity index (χ0) is 13.5. The van der Waals surface area contributed by atoms with Crippen molar-refractivity contribution in [2.75, 3.05) is 0 Å². The Kier molecular flexibility index (Phi) is 2.80. The van der Waals surface area contributed by atoms with Crippen LogP contribution in [0.5, 0.6) is 0 Å². The van der Waals surface area contributed by atoms with Crippen LogP contribution in [0.1, 0.15) is 21.2 Å². The molecular formula is C11H8O6S. The predicted molar refractivity (Wildman–Crippen MR) is 60.8 cm³/mol. The number of rotatable bonds is 2. The van der Waals surface area contributed by atoms with E-state index in [0.717, 1.165) is 6.08 Å².